The first kappa shape index (κ1) is 19.0. The molecule has 0 aromatic heterocycles. The standard InChI is InChI=1S/C16H22ClN3O3/c1-3-9-18-15(22)11(2)20-14(21)8-10-19-16(23)12-6-4-5-7-13(12)17/h4-7,11H,3,8-10H2,1-2H3,(H,18,22)(H,19,23)(H,20,21)/t11-/m1/s1. The maximum absolute atomic E-state index is 11.9. The Morgan fingerprint density at radius 2 is 1.83 bits per heavy atom. The molecule has 6 nitrogen and oxygen atoms in total. The number of carbonyl (C=O) groups is 3. The zero-order valence-electron chi connectivity index (χ0n) is 13.3. The molecule has 0 aliphatic heterocycles. The molecule has 0 unspecified atom stereocenters. The molecule has 1 atom stereocenters. The number of rotatable bonds is 8. The van der Waals surface area contributed by atoms with Crippen LogP contribution in [0.4, 0.5) is 0 Å². The lowest BCUT2D eigenvalue weighted by molar-refractivity contribution is -0.128. The van der Waals surface area contributed by atoms with E-state index in [1.54, 1.807) is 31.2 Å². The summed E-state index contributed by atoms with van der Waals surface area (Å²) < 4.78 is 0. The van der Waals surface area contributed by atoms with Crippen LogP contribution in [0.25, 0.3) is 0 Å². The summed E-state index contributed by atoms with van der Waals surface area (Å²) in [4.78, 5) is 35.3. The molecule has 0 radical (unpaired) electrons. The van der Waals surface area contributed by atoms with E-state index in [0.29, 0.717) is 17.1 Å². The van der Waals surface area contributed by atoms with Crippen molar-refractivity contribution in [2.45, 2.75) is 32.7 Å². The molecule has 0 fully saturated rings. The Morgan fingerprint density at radius 3 is 2.48 bits per heavy atom. The second-order valence-corrected chi connectivity index (χ2v) is 5.47. The fourth-order valence-corrected chi connectivity index (χ4v) is 2.03. The minimum Gasteiger partial charge on any atom is -0.354 e. The highest BCUT2D eigenvalue weighted by Crippen LogP contribution is 2.14. The Morgan fingerprint density at radius 1 is 1.13 bits per heavy atom. The Kier molecular flexibility index (Phi) is 8.11. The van der Waals surface area contributed by atoms with Crippen molar-refractivity contribution in [1.82, 2.24) is 16.0 Å². The van der Waals surface area contributed by atoms with Gasteiger partial charge in [0.05, 0.1) is 10.6 Å². The molecule has 0 saturated carbocycles. The smallest absolute Gasteiger partial charge is 0.252 e. The maximum atomic E-state index is 11.9. The van der Waals surface area contributed by atoms with Crippen LogP contribution in [0, 0.1) is 0 Å². The highest BCUT2D eigenvalue weighted by atomic mass is 35.5. The van der Waals surface area contributed by atoms with Gasteiger partial charge in [0.1, 0.15) is 6.04 Å². The van der Waals surface area contributed by atoms with Crippen molar-refractivity contribution in [1.29, 1.82) is 0 Å². The third-order valence-corrected chi connectivity index (χ3v) is 3.41. The lowest BCUT2D eigenvalue weighted by Gasteiger charge is -2.14. The Labute approximate surface area is 141 Å². The predicted octanol–water partition coefficient (Wildman–Crippen LogP) is 1.49. The molecule has 3 N–H and O–H groups in total. The second-order valence-electron chi connectivity index (χ2n) is 5.07. The average molecular weight is 340 g/mol. The molecule has 1 rings (SSSR count). The van der Waals surface area contributed by atoms with Crippen LogP contribution in [0.15, 0.2) is 24.3 Å². The van der Waals surface area contributed by atoms with Crippen LogP contribution in [0.3, 0.4) is 0 Å². The van der Waals surface area contributed by atoms with E-state index in [2.05, 4.69) is 16.0 Å². The summed E-state index contributed by atoms with van der Waals surface area (Å²) >= 11 is 5.92. The van der Waals surface area contributed by atoms with Gasteiger partial charge in [0.15, 0.2) is 0 Å². The van der Waals surface area contributed by atoms with Gasteiger partial charge in [-0.1, -0.05) is 30.7 Å². The van der Waals surface area contributed by atoms with Crippen molar-refractivity contribution in [3.63, 3.8) is 0 Å². The molecule has 0 saturated heterocycles. The van der Waals surface area contributed by atoms with Gasteiger partial charge in [-0.25, -0.2) is 0 Å². The topological polar surface area (TPSA) is 87.3 Å². The van der Waals surface area contributed by atoms with Crippen molar-refractivity contribution in [2.24, 2.45) is 0 Å². The van der Waals surface area contributed by atoms with E-state index in [4.69, 9.17) is 11.6 Å². The number of amides is 3. The molecule has 0 aliphatic rings. The van der Waals surface area contributed by atoms with Gasteiger partial charge in [0.2, 0.25) is 11.8 Å². The van der Waals surface area contributed by atoms with Crippen molar-refractivity contribution < 1.29 is 14.4 Å². The quantitative estimate of drug-likeness (QED) is 0.670. The average Bonchev–Trinajstić information content (AvgIpc) is 2.52. The molecule has 7 heteroatoms. The third-order valence-electron chi connectivity index (χ3n) is 3.08. The number of halogens is 1. The van der Waals surface area contributed by atoms with Crippen molar-refractivity contribution in [2.75, 3.05) is 13.1 Å². The number of hydrogen-bond acceptors (Lipinski definition) is 3. The van der Waals surface area contributed by atoms with Gasteiger partial charge in [-0.15, -0.1) is 0 Å². The van der Waals surface area contributed by atoms with E-state index in [-0.39, 0.29) is 30.7 Å². The van der Waals surface area contributed by atoms with Crippen LogP contribution in [-0.4, -0.2) is 36.9 Å². The van der Waals surface area contributed by atoms with Gasteiger partial charge in [0.25, 0.3) is 5.91 Å². The Balaban J connectivity index is 2.32. The summed E-state index contributed by atoms with van der Waals surface area (Å²) in [5.41, 5.74) is 0.363. The van der Waals surface area contributed by atoms with Gasteiger partial charge < -0.3 is 16.0 Å². The van der Waals surface area contributed by atoms with Gasteiger partial charge in [-0.2, -0.15) is 0 Å². The van der Waals surface area contributed by atoms with Crippen molar-refractivity contribution >= 4 is 29.3 Å². The zero-order chi connectivity index (χ0) is 17.2. The normalized spacial score (nSPS) is 11.4. The minimum atomic E-state index is -0.603. The summed E-state index contributed by atoms with van der Waals surface area (Å²) in [6, 6.07) is 6.08. The lowest BCUT2D eigenvalue weighted by Crippen LogP contribution is -2.45. The fraction of sp³-hybridized carbons (Fsp3) is 0.438. The van der Waals surface area contributed by atoms with Crippen LogP contribution in [0.1, 0.15) is 37.0 Å². The minimum absolute atomic E-state index is 0.0849. The van der Waals surface area contributed by atoms with E-state index in [1.165, 1.54) is 0 Å². The third kappa shape index (κ3) is 6.69. The summed E-state index contributed by atoms with van der Waals surface area (Å²) in [7, 11) is 0. The second kappa shape index (κ2) is 9.84. The van der Waals surface area contributed by atoms with Crippen molar-refractivity contribution in [3.05, 3.63) is 34.9 Å². The molecule has 0 heterocycles. The van der Waals surface area contributed by atoms with Crippen molar-refractivity contribution in [3.8, 4) is 0 Å². The molecular formula is C16H22ClN3O3. The van der Waals surface area contributed by atoms with E-state index in [9.17, 15) is 14.4 Å². The number of nitrogens with one attached hydrogen (secondary N) is 3. The lowest BCUT2D eigenvalue weighted by atomic mass is 10.2. The highest BCUT2D eigenvalue weighted by Gasteiger charge is 2.15. The first-order valence-electron chi connectivity index (χ1n) is 7.55. The first-order chi connectivity index (χ1) is 11.0. The monoisotopic (exact) mass is 339 g/mol. The molecule has 3 amide bonds. The van der Waals surface area contributed by atoms with E-state index in [0.717, 1.165) is 6.42 Å². The van der Waals surface area contributed by atoms with Gasteiger partial charge in [-0.05, 0) is 25.5 Å². The van der Waals surface area contributed by atoms with E-state index < -0.39 is 6.04 Å². The Bertz CT molecular complexity index is 563. The van der Waals surface area contributed by atoms with Gasteiger partial charge in [-0.3, -0.25) is 14.4 Å². The SMILES string of the molecule is CCCNC(=O)[C@@H](C)NC(=O)CCNC(=O)c1ccccc1Cl. The van der Waals surface area contributed by atoms with Crippen LogP contribution < -0.4 is 16.0 Å². The molecule has 0 aliphatic carbocycles. The molecule has 1 aromatic rings. The van der Waals surface area contributed by atoms with Gasteiger partial charge >= 0.3 is 0 Å². The molecular weight excluding hydrogens is 318 g/mol. The number of hydrogen-bond donors (Lipinski definition) is 3. The molecule has 0 bridgehead atoms. The van der Waals surface area contributed by atoms with Crippen LogP contribution in [0.5, 0.6) is 0 Å². The van der Waals surface area contributed by atoms with Crippen LogP contribution in [-0.2, 0) is 9.59 Å². The summed E-state index contributed by atoms with van der Waals surface area (Å²) in [5.74, 6) is -0.860. The maximum Gasteiger partial charge on any atom is 0.252 e. The molecule has 1 aromatic carbocycles. The summed E-state index contributed by atoms with van der Waals surface area (Å²) in [6.45, 7) is 4.31. The summed E-state index contributed by atoms with van der Waals surface area (Å²) in [5, 5.41) is 8.27. The predicted molar refractivity (Wildman–Crippen MR) is 89.3 cm³/mol. The molecule has 126 valence electrons. The van der Waals surface area contributed by atoms with Crippen LogP contribution >= 0.6 is 11.6 Å². The molecule has 23 heavy (non-hydrogen) atoms. The molecule has 0 spiro atoms. The van der Waals surface area contributed by atoms with E-state index >= 15 is 0 Å². The van der Waals surface area contributed by atoms with E-state index in [1.807, 2.05) is 6.92 Å². The number of carbonyl (C=O) groups excluding carboxylic acids is 3. The largest absolute Gasteiger partial charge is 0.354 e. The van der Waals surface area contributed by atoms with Crippen LogP contribution in [0.2, 0.25) is 5.02 Å². The Hall–Kier alpha value is -2.08. The summed E-state index contributed by atoms with van der Waals surface area (Å²) in [6.07, 6.45) is 0.919. The highest BCUT2D eigenvalue weighted by molar-refractivity contribution is 6.33. The first-order valence-corrected chi connectivity index (χ1v) is 7.93. The van der Waals surface area contributed by atoms with Gasteiger partial charge in [0, 0.05) is 19.5 Å². The number of benzene rings is 1. The zero-order valence-corrected chi connectivity index (χ0v) is 14.1. The fourth-order valence-electron chi connectivity index (χ4n) is 1.81.